The van der Waals surface area contributed by atoms with E-state index in [2.05, 4.69) is 16.1 Å². The van der Waals surface area contributed by atoms with E-state index in [0.29, 0.717) is 43.6 Å². The van der Waals surface area contributed by atoms with Crippen molar-refractivity contribution in [1.82, 2.24) is 26.1 Å². The Labute approximate surface area is 353 Å². The number of phenolic OH excluding ortho intramolecular Hbond substituents is 1. The molecule has 0 aromatic heterocycles. The van der Waals surface area contributed by atoms with Crippen LogP contribution in [0, 0.1) is 17.8 Å². The highest BCUT2D eigenvalue weighted by molar-refractivity contribution is 5.93. The van der Waals surface area contributed by atoms with Crippen LogP contribution in [0.4, 0.5) is 0 Å². The molecule has 4 rings (SSSR count). The number of amides is 4. The third-order valence-corrected chi connectivity index (χ3v) is 10.9. The summed E-state index contributed by atoms with van der Waals surface area (Å²) in [5.74, 6) is -4.66. The molecule has 0 aliphatic carbocycles. The van der Waals surface area contributed by atoms with Gasteiger partial charge >= 0.3 is 5.97 Å². The van der Waals surface area contributed by atoms with Crippen molar-refractivity contribution in [2.45, 2.75) is 123 Å². The van der Waals surface area contributed by atoms with Gasteiger partial charge in [-0.15, -0.1) is 0 Å². The van der Waals surface area contributed by atoms with Crippen molar-refractivity contribution in [1.29, 1.82) is 0 Å². The fourth-order valence-electron chi connectivity index (χ4n) is 7.28. The molecule has 4 amide bonds. The number of nitrogens with zero attached hydrogens (tertiary/aromatic N) is 2. The molecule has 1 aromatic rings. The van der Waals surface area contributed by atoms with E-state index in [1.165, 1.54) is 35.2 Å². The van der Waals surface area contributed by atoms with E-state index in [4.69, 9.17) is 9.57 Å². The van der Waals surface area contributed by atoms with Crippen molar-refractivity contribution in [3.05, 3.63) is 77.9 Å². The Bertz CT molecular complexity index is 1780. The SMILES string of the molecule is CC(=O)CC[C@H]1C(=O)N[C@@H](C(C)C)C(=O)NC(Cc2cccc(O)c2)C(=O)N2CCCC(N2)C(=O)O[C@H](/C(C)=C/C=C/C(=O)N2CCCCO2)C/C=C/C=C/C[C@H](C)[C@H]1O. The smallest absolute Gasteiger partial charge is 0.325 e. The van der Waals surface area contributed by atoms with Gasteiger partial charge in [0.1, 0.15) is 35.8 Å². The number of allylic oxidation sites excluding steroid dienone is 5. The lowest BCUT2D eigenvalue weighted by atomic mass is 9.85. The minimum absolute atomic E-state index is 0.0195. The van der Waals surface area contributed by atoms with Crippen molar-refractivity contribution >= 4 is 35.4 Å². The van der Waals surface area contributed by atoms with Crippen LogP contribution in [-0.4, -0.2) is 106 Å². The maximum atomic E-state index is 14.3. The molecule has 3 aliphatic rings. The highest BCUT2D eigenvalue weighted by Gasteiger charge is 2.38. The lowest BCUT2D eigenvalue weighted by Gasteiger charge is -2.36. The number of aliphatic hydroxyl groups is 1. The monoisotopic (exact) mass is 833 g/mol. The van der Waals surface area contributed by atoms with Crippen molar-refractivity contribution in [3.8, 4) is 5.75 Å². The summed E-state index contributed by atoms with van der Waals surface area (Å²) in [4.78, 5) is 86.3. The number of ether oxygens (including phenoxy) is 1. The summed E-state index contributed by atoms with van der Waals surface area (Å²) in [7, 11) is 0. The minimum Gasteiger partial charge on any atom is -0.508 e. The first-order chi connectivity index (χ1) is 28.6. The number of carbonyl (C=O) groups is 6. The van der Waals surface area contributed by atoms with Crippen LogP contribution in [0.1, 0.15) is 91.5 Å². The van der Waals surface area contributed by atoms with Crippen molar-refractivity contribution in [2.24, 2.45) is 17.8 Å². The van der Waals surface area contributed by atoms with Crippen LogP contribution in [0.3, 0.4) is 0 Å². The molecule has 15 nitrogen and oxygen atoms in total. The summed E-state index contributed by atoms with van der Waals surface area (Å²) in [5.41, 5.74) is 4.24. The van der Waals surface area contributed by atoms with Gasteiger partial charge in [-0.05, 0) is 87.5 Å². The Balaban J connectivity index is 1.67. The van der Waals surface area contributed by atoms with Gasteiger partial charge in [-0.3, -0.25) is 33.8 Å². The number of esters is 1. The summed E-state index contributed by atoms with van der Waals surface area (Å²) in [6, 6.07) is 3.12. The number of phenols is 1. The molecular weight excluding hydrogens is 771 g/mol. The third kappa shape index (κ3) is 14.6. The topological polar surface area (TPSA) is 204 Å². The number of aliphatic hydroxyl groups excluding tert-OH is 1. The number of Topliss-reactive ketones (excluding diaryl/α,β-unsaturated/α-hetero) is 1. The number of carbonyl (C=O) groups excluding carboxylic acids is 6. The predicted octanol–water partition coefficient (Wildman–Crippen LogP) is 3.91. The van der Waals surface area contributed by atoms with Gasteiger partial charge in [0, 0.05) is 38.4 Å². The van der Waals surface area contributed by atoms with Crippen LogP contribution in [0.15, 0.2) is 72.4 Å². The molecule has 3 aliphatic heterocycles. The van der Waals surface area contributed by atoms with Gasteiger partial charge in [-0.2, -0.15) is 0 Å². The Morgan fingerprint density at radius 1 is 0.983 bits per heavy atom. The molecule has 2 saturated heterocycles. The number of hydroxylamine groups is 2. The average molecular weight is 834 g/mol. The molecule has 2 unspecified atom stereocenters. The number of cyclic esters (lactones) is 1. The summed E-state index contributed by atoms with van der Waals surface area (Å²) in [6.45, 7) is 9.72. The number of aromatic hydroxyl groups is 1. The first-order valence-corrected chi connectivity index (χ1v) is 21.1. The Kier molecular flexibility index (Phi) is 18.7. The fraction of sp³-hybridized carbons (Fsp3) is 0.556. The molecule has 1 aromatic carbocycles. The first-order valence-electron chi connectivity index (χ1n) is 21.1. The quantitative estimate of drug-likeness (QED) is 0.137. The van der Waals surface area contributed by atoms with E-state index in [-0.39, 0.29) is 49.7 Å². The number of hydrazine groups is 1. The lowest BCUT2D eigenvalue weighted by molar-refractivity contribution is -0.191. The third-order valence-electron chi connectivity index (χ3n) is 10.9. The van der Waals surface area contributed by atoms with Gasteiger partial charge in [-0.1, -0.05) is 69.4 Å². The van der Waals surface area contributed by atoms with Crippen LogP contribution in [0.5, 0.6) is 5.75 Å². The van der Waals surface area contributed by atoms with Gasteiger partial charge in [0.15, 0.2) is 0 Å². The Morgan fingerprint density at radius 2 is 1.73 bits per heavy atom. The van der Waals surface area contributed by atoms with Crippen molar-refractivity contribution < 1.29 is 48.6 Å². The zero-order valence-electron chi connectivity index (χ0n) is 35.5. The van der Waals surface area contributed by atoms with Gasteiger partial charge < -0.3 is 30.4 Å². The average Bonchev–Trinajstić information content (AvgIpc) is 3.22. The Morgan fingerprint density at radius 3 is 2.42 bits per heavy atom. The molecule has 2 fully saturated rings. The number of benzene rings is 1. The van der Waals surface area contributed by atoms with E-state index in [9.17, 15) is 39.0 Å². The van der Waals surface area contributed by atoms with Crippen molar-refractivity contribution in [3.63, 3.8) is 0 Å². The summed E-state index contributed by atoms with van der Waals surface area (Å²) in [5, 5.41) is 29.9. The standard InChI is InChI=1S/C45H63N5O10/c1-29(2)40-43(56)46-37(28-33-17-13-18-34(52)27-33)44(57)49-24-14-19-36(48-49)45(58)60-38(30(3)16-12-21-39(53)50-25-10-11-26-59-50)20-9-7-6-8-15-31(4)41(54)35(42(55)47-40)23-22-32(5)51/h6-9,12-13,16-18,21,27,29,31,35-38,40-41,48,52,54H,10-11,14-15,19-20,22-26,28H2,1-5H3,(H,46,56)(H,47,55)/b8-6+,9-7+,21-12+,30-16+/t31-,35+,36?,37?,38-,40-,41+/m0/s1. The maximum absolute atomic E-state index is 14.3. The molecule has 0 spiro atoms. The van der Waals surface area contributed by atoms with E-state index in [1.807, 2.05) is 12.2 Å². The number of hydrogen-bond acceptors (Lipinski definition) is 11. The van der Waals surface area contributed by atoms with E-state index in [0.717, 1.165) is 12.8 Å². The van der Waals surface area contributed by atoms with E-state index < -0.39 is 71.8 Å². The number of fused-ring (bicyclic) bond motifs is 2. The van der Waals surface area contributed by atoms with Gasteiger partial charge in [-0.25, -0.2) is 10.5 Å². The fourth-order valence-corrected chi connectivity index (χ4v) is 7.28. The zero-order chi connectivity index (χ0) is 43.8. The van der Waals surface area contributed by atoms with Crippen LogP contribution < -0.4 is 16.1 Å². The predicted molar refractivity (Wildman–Crippen MR) is 224 cm³/mol. The molecular formula is C45H63N5O10. The molecule has 5 N–H and O–H groups in total. The summed E-state index contributed by atoms with van der Waals surface area (Å²) in [6.07, 6.45) is 13.5. The maximum Gasteiger partial charge on any atom is 0.325 e. The Hall–Kier alpha value is -5.12. The number of nitrogens with one attached hydrogen (secondary N) is 3. The molecule has 328 valence electrons. The molecule has 0 radical (unpaired) electrons. The highest BCUT2D eigenvalue weighted by Crippen LogP contribution is 2.24. The van der Waals surface area contributed by atoms with Gasteiger partial charge in [0.25, 0.3) is 11.8 Å². The van der Waals surface area contributed by atoms with E-state index in [1.54, 1.807) is 64.1 Å². The second-order valence-corrected chi connectivity index (χ2v) is 16.3. The molecule has 7 atom stereocenters. The lowest BCUT2D eigenvalue weighted by Crippen LogP contribution is -2.62. The van der Waals surface area contributed by atoms with Gasteiger partial charge in [0.2, 0.25) is 11.8 Å². The van der Waals surface area contributed by atoms with Crippen LogP contribution in [0.2, 0.25) is 0 Å². The highest BCUT2D eigenvalue weighted by atomic mass is 16.7. The first kappa shape index (κ1) is 47.6. The number of rotatable bonds is 9. The van der Waals surface area contributed by atoms with E-state index >= 15 is 0 Å². The van der Waals surface area contributed by atoms with Crippen molar-refractivity contribution in [2.75, 3.05) is 19.7 Å². The normalized spacial score (nSPS) is 28.2. The molecule has 15 heteroatoms. The van der Waals surface area contributed by atoms with Gasteiger partial charge in [0.05, 0.1) is 18.6 Å². The molecule has 2 bridgehead atoms. The summed E-state index contributed by atoms with van der Waals surface area (Å²) >= 11 is 0. The zero-order valence-corrected chi connectivity index (χ0v) is 35.5. The molecule has 0 saturated carbocycles. The number of hydrogen-bond donors (Lipinski definition) is 5. The second-order valence-electron chi connectivity index (χ2n) is 16.3. The number of ketones is 1. The minimum atomic E-state index is -1.18. The molecule has 3 heterocycles. The molecule has 60 heavy (non-hydrogen) atoms. The van der Waals surface area contributed by atoms with Crippen LogP contribution in [-0.2, 0) is 44.8 Å². The van der Waals surface area contributed by atoms with Crippen LogP contribution in [0.25, 0.3) is 0 Å². The largest absolute Gasteiger partial charge is 0.508 e. The van der Waals surface area contributed by atoms with Crippen LogP contribution >= 0.6 is 0 Å². The second kappa shape index (κ2) is 23.6. The summed E-state index contributed by atoms with van der Waals surface area (Å²) < 4.78 is 6.07.